The number of nitrogens with zero attached hydrogens (tertiary/aromatic N) is 2. The summed E-state index contributed by atoms with van der Waals surface area (Å²) in [4.78, 5) is 44.4. The molecule has 11 heteroatoms. The Kier molecular flexibility index (Phi) is 6.03. The second-order valence-electron chi connectivity index (χ2n) is 5.27. The Morgan fingerprint density at radius 3 is 2.41 bits per heavy atom. The quantitative estimate of drug-likeness (QED) is 0.450. The van der Waals surface area contributed by atoms with E-state index in [2.05, 4.69) is 5.32 Å². The van der Waals surface area contributed by atoms with Crippen molar-refractivity contribution in [2.24, 2.45) is 0 Å². The molecule has 0 aliphatic rings. The van der Waals surface area contributed by atoms with Crippen LogP contribution >= 0.6 is 11.6 Å². The number of hydrogen-bond acceptors (Lipinski definition) is 7. The fraction of sp³-hybridized carbons (Fsp3) is 0.125. The number of nitro groups is 2. The first-order chi connectivity index (χ1) is 12.7. The summed E-state index contributed by atoms with van der Waals surface area (Å²) >= 11 is 5.67. The number of hydrogen-bond donors (Lipinski definition) is 1. The molecular weight excluding hydrogens is 382 g/mol. The predicted octanol–water partition coefficient (Wildman–Crippen LogP) is 3.26. The highest BCUT2D eigenvalue weighted by Crippen LogP contribution is 2.27. The molecule has 0 bridgehead atoms. The van der Waals surface area contributed by atoms with Gasteiger partial charge in [0.15, 0.2) is 6.61 Å². The number of amides is 1. The van der Waals surface area contributed by atoms with E-state index in [1.807, 2.05) is 0 Å². The van der Waals surface area contributed by atoms with Crippen molar-refractivity contribution < 1.29 is 24.2 Å². The summed E-state index contributed by atoms with van der Waals surface area (Å²) < 4.78 is 4.82. The number of carbonyl (C=O) groups is 2. The van der Waals surface area contributed by atoms with E-state index in [0.29, 0.717) is 5.56 Å². The minimum absolute atomic E-state index is 0.0778. The second kappa shape index (κ2) is 8.23. The number of nitro benzene ring substituents is 2. The number of benzene rings is 2. The number of rotatable bonds is 6. The summed E-state index contributed by atoms with van der Waals surface area (Å²) in [6.07, 6.45) is 0. The van der Waals surface area contributed by atoms with Gasteiger partial charge in [-0.15, -0.1) is 0 Å². The van der Waals surface area contributed by atoms with Gasteiger partial charge < -0.3 is 10.1 Å². The molecule has 0 unspecified atom stereocenters. The molecule has 0 saturated carbocycles. The Morgan fingerprint density at radius 2 is 1.78 bits per heavy atom. The van der Waals surface area contributed by atoms with Crippen molar-refractivity contribution in [2.75, 3.05) is 11.9 Å². The van der Waals surface area contributed by atoms with E-state index in [9.17, 15) is 29.8 Å². The lowest BCUT2D eigenvalue weighted by Gasteiger charge is -2.08. The summed E-state index contributed by atoms with van der Waals surface area (Å²) in [5.41, 5.74) is -0.690. The lowest BCUT2D eigenvalue weighted by atomic mass is 10.1. The van der Waals surface area contributed by atoms with Crippen molar-refractivity contribution in [3.63, 3.8) is 0 Å². The topological polar surface area (TPSA) is 142 Å². The Balaban J connectivity index is 2.07. The van der Waals surface area contributed by atoms with Crippen molar-refractivity contribution in [3.8, 4) is 0 Å². The van der Waals surface area contributed by atoms with Gasteiger partial charge in [-0.1, -0.05) is 23.7 Å². The maximum Gasteiger partial charge on any atom is 0.345 e. The molecule has 0 fully saturated rings. The third kappa shape index (κ3) is 4.76. The zero-order valence-electron chi connectivity index (χ0n) is 13.8. The third-order valence-electron chi connectivity index (χ3n) is 3.41. The standard InChI is InChI=1S/C16H12ClN3O7/c1-9-3-2-4-12(19(23)24)15(9)16(22)27-8-14(21)18-10-5-6-11(17)13(7-10)20(25)26/h2-7H,8H2,1H3,(H,18,21). The molecule has 0 atom stereocenters. The van der Waals surface area contributed by atoms with Crippen LogP contribution in [0.2, 0.25) is 5.02 Å². The number of nitrogens with one attached hydrogen (secondary N) is 1. The molecule has 1 N–H and O–H groups in total. The average Bonchev–Trinajstić information content (AvgIpc) is 2.60. The van der Waals surface area contributed by atoms with E-state index in [1.165, 1.54) is 31.2 Å². The van der Waals surface area contributed by atoms with E-state index < -0.39 is 39.7 Å². The monoisotopic (exact) mass is 393 g/mol. The van der Waals surface area contributed by atoms with Gasteiger partial charge in [0.2, 0.25) is 0 Å². The van der Waals surface area contributed by atoms with Gasteiger partial charge in [-0.25, -0.2) is 4.79 Å². The van der Waals surface area contributed by atoms with Gasteiger partial charge in [0.1, 0.15) is 10.6 Å². The van der Waals surface area contributed by atoms with Crippen molar-refractivity contribution >= 4 is 40.5 Å². The fourth-order valence-electron chi connectivity index (χ4n) is 2.20. The van der Waals surface area contributed by atoms with Crippen LogP contribution in [0, 0.1) is 27.2 Å². The Hall–Kier alpha value is -3.53. The number of halogens is 1. The molecule has 2 aromatic rings. The Bertz CT molecular complexity index is 946. The Labute approximate surface area is 157 Å². The highest BCUT2D eigenvalue weighted by Gasteiger charge is 2.24. The van der Waals surface area contributed by atoms with Gasteiger partial charge in [-0.05, 0) is 24.6 Å². The Morgan fingerprint density at radius 1 is 1.11 bits per heavy atom. The molecule has 0 saturated heterocycles. The number of esters is 1. The van der Waals surface area contributed by atoms with Crippen LogP contribution in [0.3, 0.4) is 0 Å². The summed E-state index contributed by atoms with van der Waals surface area (Å²) in [5.74, 6) is -1.81. The molecule has 0 spiro atoms. The number of carbonyl (C=O) groups excluding carboxylic acids is 2. The molecule has 0 radical (unpaired) electrons. The van der Waals surface area contributed by atoms with Crippen LogP contribution < -0.4 is 5.32 Å². The zero-order chi connectivity index (χ0) is 20.1. The van der Waals surface area contributed by atoms with Crippen molar-refractivity contribution in [1.82, 2.24) is 0 Å². The number of anilines is 1. The highest BCUT2D eigenvalue weighted by molar-refractivity contribution is 6.32. The van der Waals surface area contributed by atoms with Crippen LogP contribution in [-0.4, -0.2) is 28.3 Å². The first-order valence-corrected chi connectivity index (χ1v) is 7.73. The first-order valence-electron chi connectivity index (χ1n) is 7.35. The minimum atomic E-state index is -1.03. The van der Waals surface area contributed by atoms with Gasteiger partial charge in [-0.2, -0.15) is 0 Å². The molecule has 2 rings (SSSR count). The van der Waals surface area contributed by atoms with Gasteiger partial charge in [0, 0.05) is 17.8 Å². The van der Waals surface area contributed by atoms with E-state index in [1.54, 1.807) is 0 Å². The van der Waals surface area contributed by atoms with Gasteiger partial charge in [0.05, 0.1) is 9.85 Å². The van der Waals surface area contributed by atoms with Gasteiger partial charge in [-0.3, -0.25) is 25.0 Å². The van der Waals surface area contributed by atoms with E-state index in [0.717, 1.165) is 12.1 Å². The predicted molar refractivity (Wildman–Crippen MR) is 94.9 cm³/mol. The summed E-state index contributed by atoms with van der Waals surface area (Å²) in [7, 11) is 0. The molecule has 10 nitrogen and oxygen atoms in total. The van der Waals surface area contributed by atoms with Crippen molar-refractivity contribution in [1.29, 1.82) is 0 Å². The largest absolute Gasteiger partial charge is 0.452 e. The summed E-state index contributed by atoms with van der Waals surface area (Å²) in [6, 6.07) is 7.69. The maximum atomic E-state index is 12.1. The molecule has 0 aromatic heterocycles. The minimum Gasteiger partial charge on any atom is -0.452 e. The summed E-state index contributed by atoms with van der Waals surface area (Å²) in [6.45, 7) is 0.761. The lowest BCUT2D eigenvalue weighted by Crippen LogP contribution is -2.21. The third-order valence-corrected chi connectivity index (χ3v) is 3.73. The van der Waals surface area contributed by atoms with Crippen LogP contribution in [-0.2, 0) is 9.53 Å². The molecule has 2 aromatic carbocycles. The lowest BCUT2D eigenvalue weighted by molar-refractivity contribution is -0.385. The molecule has 140 valence electrons. The molecular formula is C16H12ClN3O7. The normalized spacial score (nSPS) is 10.1. The van der Waals surface area contributed by atoms with Gasteiger partial charge >= 0.3 is 5.97 Å². The number of aryl methyl sites for hydroxylation is 1. The highest BCUT2D eigenvalue weighted by atomic mass is 35.5. The van der Waals surface area contributed by atoms with Crippen LogP contribution in [0.25, 0.3) is 0 Å². The SMILES string of the molecule is Cc1cccc([N+](=O)[O-])c1C(=O)OCC(=O)Nc1ccc(Cl)c([N+](=O)[O-])c1. The van der Waals surface area contributed by atoms with Crippen LogP contribution in [0.4, 0.5) is 17.1 Å². The first kappa shape index (κ1) is 19.8. The molecule has 0 heterocycles. The molecule has 0 aliphatic carbocycles. The average molecular weight is 394 g/mol. The number of ether oxygens (including phenoxy) is 1. The van der Waals surface area contributed by atoms with Crippen LogP contribution in [0.5, 0.6) is 0 Å². The van der Waals surface area contributed by atoms with E-state index in [4.69, 9.17) is 16.3 Å². The summed E-state index contributed by atoms with van der Waals surface area (Å²) in [5, 5.41) is 24.1. The smallest absolute Gasteiger partial charge is 0.345 e. The van der Waals surface area contributed by atoms with Crippen LogP contribution in [0.1, 0.15) is 15.9 Å². The molecule has 27 heavy (non-hydrogen) atoms. The van der Waals surface area contributed by atoms with E-state index >= 15 is 0 Å². The fourth-order valence-corrected chi connectivity index (χ4v) is 2.39. The zero-order valence-corrected chi connectivity index (χ0v) is 14.6. The van der Waals surface area contributed by atoms with Crippen molar-refractivity contribution in [3.05, 3.63) is 72.8 Å². The van der Waals surface area contributed by atoms with Crippen LogP contribution in [0.15, 0.2) is 36.4 Å². The second-order valence-corrected chi connectivity index (χ2v) is 5.68. The molecule has 1 amide bonds. The van der Waals surface area contributed by atoms with Crippen molar-refractivity contribution in [2.45, 2.75) is 6.92 Å². The van der Waals surface area contributed by atoms with E-state index in [-0.39, 0.29) is 16.3 Å². The molecule has 0 aliphatic heterocycles. The maximum absolute atomic E-state index is 12.1. The van der Waals surface area contributed by atoms with Gasteiger partial charge in [0.25, 0.3) is 17.3 Å².